The third-order valence-corrected chi connectivity index (χ3v) is 4.83. The third kappa shape index (κ3) is 3.95. The van der Waals surface area contributed by atoms with Crippen LogP contribution < -0.4 is 0 Å². The van der Waals surface area contributed by atoms with Gasteiger partial charge in [-0.15, -0.1) is 0 Å². The van der Waals surface area contributed by atoms with Crippen LogP contribution in [-0.2, 0) is 18.9 Å². The van der Waals surface area contributed by atoms with Gasteiger partial charge in [0.25, 0.3) is 0 Å². The monoisotopic (exact) mass is 369 g/mol. The van der Waals surface area contributed by atoms with E-state index in [2.05, 4.69) is 4.99 Å². The Bertz CT molecular complexity index is 754. The fraction of sp³-hybridized carbons (Fsp3) is 0.381. The van der Waals surface area contributed by atoms with Crippen molar-refractivity contribution in [1.82, 2.24) is 0 Å². The van der Waals surface area contributed by atoms with Gasteiger partial charge in [0.05, 0.1) is 6.61 Å². The van der Waals surface area contributed by atoms with Gasteiger partial charge in [0.15, 0.2) is 12.6 Å². The molecule has 0 aromatic heterocycles. The zero-order valence-corrected chi connectivity index (χ0v) is 15.0. The molecule has 0 bridgehead atoms. The molecule has 6 heteroatoms. The lowest BCUT2D eigenvalue weighted by molar-refractivity contribution is -0.337. The minimum Gasteiger partial charge on any atom is -0.385 e. The number of rotatable bonds is 4. The van der Waals surface area contributed by atoms with Crippen LogP contribution in [0.1, 0.15) is 17.4 Å². The van der Waals surface area contributed by atoms with Gasteiger partial charge < -0.3 is 24.1 Å². The summed E-state index contributed by atoms with van der Waals surface area (Å²) in [5, 5.41) is 10.7. The van der Waals surface area contributed by atoms with Crippen molar-refractivity contribution in [1.29, 1.82) is 0 Å². The van der Waals surface area contributed by atoms with Crippen molar-refractivity contribution in [3.05, 3.63) is 71.8 Å². The second kappa shape index (κ2) is 8.29. The summed E-state index contributed by atoms with van der Waals surface area (Å²) < 4.78 is 23.1. The SMILES string of the molecule is COC1OC2COC(c3ccccc3)OC2C(N=Cc2ccccc2)C1O. The molecule has 0 aliphatic carbocycles. The number of benzene rings is 2. The zero-order chi connectivity index (χ0) is 18.6. The smallest absolute Gasteiger partial charge is 0.185 e. The van der Waals surface area contributed by atoms with Gasteiger partial charge in [-0.2, -0.15) is 0 Å². The molecule has 6 unspecified atom stereocenters. The van der Waals surface area contributed by atoms with Crippen molar-refractivity contribution in [3.8, 4) is 0 Å². The number of aliphatic imine (C=N–C) groups is 1. The Morgan fingerprint density at radius 3 is 2.44 bits per heavy atom. The summed E-state index contributed by atoms with van der Waals surface area (Å²) >= 11 is 0. The minimum atomic E-state index is -0.939. The van der Waals surface area contributed by atoms with Crippen molar-refractivity contribution >= 4 is 6.21 Å². The van der Waals surface area contributed by atoms with Crippen molar-refractivity contribution in [2.24, 2.45) is 4.99 Å². The minimum absolute atomic E-state index is 0.341. The summed E-state index contributed by atoms with van der Waals surface area (Å²) in [5.74, 6) is 0. The zero-order valence-electron chi connectivity index (χ0n) is 15.0. The van der Waals surface area contributed by atoms with Crippen LogP contribution in [0.3, 0.4) is 0 Å². The predicted octanol–water partition coefficient (Wildman–Crippen LogP) is 2.32. The van der Waals surface area contributed by atoms with Gasteiger partial charge in [-0.1, -0.05) is 60.7 Å². The number of aliphatic hydroxyl groups is 1. The van der Waals surface area contributed by atoms with Gasteiger partial charge in [-0.3, -0.25) is 4.99 Å². The Hall–Kier alpha value is -2.09. The van der Waals surface area contributed by atoms with Crippen molar-refractivity contribution in [2.45, 2.75) is 36.9 Å². The number of fused-ring (bicyclic) bond motifs is 1. The van der Waals surface area contributed by atoms with E-state index in [1.54, 1.807) is 6.21 Å². The van der Waals surface area contributed by atoms with Crippen LogP contribution >= 0.6 is 0 Å². The first-order valence-corrected chi connectivity index (χ1v) is 9.03. The van der Waals surface area contributed by atoms with Crippen LogP contribution in [0.15, 0.2) is 65.7 Å². The number of nitrogens with zero attached hydrogens (tertiary/aromatic N) is 1. The van der Waals surface area contributed by atoms with E-state index in [4.69, 9.17) is 18.9 Å². The van der Waals surface area contributed by atoms with E-state index < -0.39 is 30.8 Å². The Morgan fingerprint density at radius 1 is 1.04 bits per heavy atom. The summed E-state index contributed by atoms with van der Waals surface area (Å²) in [5.41, 5.74) is 1.87. The van der Waals surface area contributed by atoms with Crippen LogP contribution in [0.25, 0.3) is 0 Å². The van der Waals surface area contributed by atoms with Crippen LogP contribution in [0.4, 0.5) is 0 Å². The summed E-state index contributed by atoms with van der Waals surface area (Å²) in [6.07, 6.45) is -1.28. The van der Waals surface area contributed by atoms with Crippen LogP contribution in [0, 0.1) is 0 Å². The maximum Gasteiger partial charge on any atom is 0.185 e. The molecular formula is C21H23NO5. The van der Waals surface area contributed by atoms with Gasteiger partial charge in [0.1, 0.15) is 24.4 Å². The first-order valence-electron chi connectivity index (χ1n) is 9.03. The van der Waals surface area contributed by atoms with Crippen LogP contribution in [-0.4, -0.2) is 55.7 Å². The Balaban J connectivity index is 1.58. The van der Waals surface area contributed by atoms with Gasteiger partial charge in [0.2, 0.25) is 0 Å². The first-order chi connectivity index (χ1) is 13.3. The maximum atomic E-state index is 10.7. The van der Waals surface area contributed by atoms with Crippen molar-refractivity contribution < 1.29 is 24.1 Å². The highest BCUT2D eigenvalue weighted by molar-refractivity contribution is 5.79. The lowest BCUT2D eigenvalue weighted by Gasteiger charge is -2.46. The number of methoxy groups -OCH3 is 1. The van der Waals surface area contributed by atoms with E-state index in [0.29, 0.717) is 6.61 Å². The molecule has 27 heavy (non-hydrogen) atoms. The molecule has 2 aromatic carbocycles. The van der Waals surface area contributed by atoms with Crippen LogP contribution in [0.2, 0.25) is 0 Å². The molecule has 2 heterocycles. The molecule has 2 aliphatic heterocycles. The highest BCUT2D eigenvalue weighted by Crippen LogP contribution is 2.35. The molecule has 2 aromatic rings. The highest BCUT2D eigenvalue weighted by atomic mass is 16.7. The molecule has 0 radical (unpaired) electrons. The summed E-state index contributed by atoms with van der Waals surface area (Å²) in [7, 11) is 1.50. The standard InChI is InChI=1S/C21H23NO5/c1-24-21-18(23)17(22-12-14-8-4-2-5-9-14)19-16(26-21)13-25-20(27-19)15-10-6-3-7-11-15/h2-12,16-21,23H,13H2,1H3. The Labute approximate surface area is 158 Å². The molecule has 2 saturated heterocycles. The average molecular weight is 369 g/mol. The number of ether oxygens (including phenoxy) is 4. The molecule has 2 aliphatic rings. The Morgan fingerprint density at radius 2 is 1.74 bits per heavy atom. The molecule has 0 amide bonds. The second-order valence-electron chi connectivity index (χ2n) is 6.63. The summed E-state index contributed by atoms with van der Waals surface area (Å²) in [6, 6.07) is 18.9. The van der Waals surface area contributed by atoms with E-state index in [0.717, 1.165) is 11.1 Å². The molecule has 6 nitrogen and oxygen atoms in total. The van der Waals surface area contributed by atoms with E-state index in [1.165, 1.54) is 7.11 Å². The summed E-state index contributed by atoms with van der Waals surface area (Å²) in [4.78, 5) is 4.63. The number of aliphatic hydroxyl groups excluding tert-OH is 1. The lowest BCUT2D eigenvalue weighted by Crippen LogP contribution is -2.61. The molecule has 0 saturated carbocycles. The van der Waals surface area contributed by atoms with Crippen LogP contribution in [0.5, 0.6) is 0 Å². The molecule has 0 spiro atoms. The fourth-order valence-corrected chi connectivity index (χ4v) is 3.44. The average Bonchev–Trinajstić information content (AvgIpc) is 2.74. The van der Waals surface area contributed by atoms with E-state index in [1.807, 2.05) is 60.7 Å². The van der Waals surface area contributed by atoms with Gasteiger partial charge in [-0.25, -0.2) is 0 Å². The maximum absolute atomic E-state index is 10.7. The fourth-order valence-electron chi connectivity index (χ4n) is 3.44. The molecular weight excluding hydrogens is 346 g/mol. The number of hydrogen-bond donors (Lipinski definition) is 1. The van der Waals surface area contributed by atoms with E-state index in [9.17, 15) is 5.11 Å². The molecule has 2 fully saturated rings. The predicted molar refractivity (Wildman–Crippen MR) is 99.5 cm³/mol. The highest BCUT2D eigenvalue weighted by Gasteiger charge is 2.49. The Kier molecular flexibility index (Phi) is 5.61. The number of hydrogen-bond acceptors (Lipinski definition) is 6. The van der Waals surface area contributed by atoms with E-state index in [-0.39, 0.29) is 6.10 Å². The normalized spacial score (nSPS) is 33.7. The molecule has 4 rings (SSSR count). The van der Waals surface area contributed by atoms with Gasteiger partial charge >= 0.3 is 0 Å². The molecule has 1 N–H and O–H groups in total. The second-order valence-corrected chi connectivity index (χ2v) is 6.63. The molecule has 142 valence electrons. The summed E-state index contributed by atoms with van der Waals surface area (Å²) in [6.45, 7) is 0.341. The van der Waals surface area contributed by atoms with Crippen molar-refractivity contribution in [2.75, 3.05) is 13.7 Å². The van der Waals surface area contributed by atoms with Gasteiger partial charge in [-0.05, 0) is 5.56 Å². The lowest BCUT2D eigenvalue weighted by atomic mass is 9.95. The van der Waals surface area contributed by atoms with Crippen molar-refractivity contribution in [3.63, 3.8) is 0 Å². The van der Waals surface area contributed by atoms with Gasteiger partial charge in [0, 0.05) is 18.9 Å². The topological polar surface area (TPSA) is 69.5 Å². The first kappa shape index (κ1) is 18.3. The largest absolute Gasteiger partial charge is 0.385 e. The van der Waals surface area contributed by atoms with E-state index >= 15 is 0 Å². The molecule has 6 atom stereocenters. The quantitative estimate of drug-likeness (QED) is 0.838. The third-order valence-electron chi connectivity index (χ3n) is 4.83.